The molecule has 0 aromatic carbocycles. The van der Waals surface area contributed by atoms with Crippen molar-refractivity contribution in [3.8, 4) is 0 Å². The number of hydrogen-bond donors (Lipinski definition) is 1. The Morgan fingerprint density at radius 2 is 2.25 bits per heavy atom. The van der Waals surface area contributed by atoms with E-state index in [4.69, 9.17) is 0 Å². The summed E-state index contributed by atoms with van der Waals surface area (Å²) < 4.78 is 0. The van der Waals surface area contributed by atoms with Crippen molar-refractivity contribution in [1.82, 2.24) is 5.32 Å². The van der Waals surface area contributed by atoms with Gasteiger partial charge in [0.25, 0.3) is 0 Å². The predicted octanol–water partition coefficient (Wildman–Crippen LogP) is 1.56. The maximum Gasteiger partial charge on any atom is 0.0245 e. The quantitative estimate of drug-likeness (QED) is 0.548. The molecule has 0 aliphatic heterocycles. The fourth-order valence-electron chi connectivity index (χ4n) is 0.510. The van der Waals surface area contributed by atoms with Gasteiger partial charge < -0.3 is 5.32 Å². The molecule has 1 unspecified atom stereocenters. The molecule has 8 heavy (non-hydrogen) atoms. The van der Waals surface area contributed by atoms with Crippen LogP contribution in [0.25, 0.3) is 0 Å². The van der Waals surface area contributed by atoms with E-state index in [0.717, 1.165) is 6.42 Å². The molecular weight excluding hydrogens is 98.1 g/mol. The highest BCUT2D eigenvalue weighted by molar-refractivity contribution is 5.01. The molecule has 0 bridgehead atoms. The highest BCUT2D eigenvalue weighted by Gasteiger charge is 1.97. The molecule has 0 radical (unpaired) electrons. The fourth-order valence-corrected chi connectivity index (χ4v) is 0.510. The summed E-state index contributed by atoms with van der Waals surface area (Å²) in [5.74, 6) is 0. The molecule has 1 nitrogen and oxygen atoms in total. The lowest BCUT2D eigenvalue weighted by atomic mass is 10.1. The minimum Gasteiger partial charge on any atom is -0.314 e. The van der Waals surface area contributed by atoms with E-state index >= 15 is 0 Å². The molecule has 0 heterocycles. The first-order valence-electron chi connectivity index (χ1n) is 3.07. The molecule has 0 amide bonds. The van der Waals surface area contributed by atoms with E-state index in [1.54, 1.807) is 0 Å². The van der Waals surface area contributed by atoms with Gasteiger partial charge in [0.05, 0.1) is 0 Å². The minimum atomic E-state index is 0.472. The van der Waals surface area contributed by atoms with Gasteiger partial charge >= 0.3 is 0 Å². The zero-order valence-corrected chi connectivity index (χ0v) is 5.99. The Kier molecular flexibility index (Phi) is 3.53. The van der Waals surface area contributed by atoms with Crippen molar-refractivity contribution in [1.29, 1.82) is 0 Å². The lowest BCUT2D eigenvalue weighted by Crippen LogP contribution is -2.22. The molecule has 0 aromatic heterocycles. The smallest absolute Gasteiger partial charge is 0.0245 e. The van der Waals surface area contributed by atoms with Crippen molar-refractivity contribution in [2.24, 2.45) is 0 Å². The number of rotatable bonds is 3. The molecule has 0 saturated carbocycles. The van der Waals surface area contributed by atoms with E-state index in [-0.39, 0.29) is 0 Å². The Hall–Kier alpha value is -0.300. The van der Waals surface area contributed by atoms with E-state index in [9.17, 15) is 0 Å². The summed E-state index contributed by atoms with van der Waals surface area (Å²) in [5, 5.41) is 3.12. The molecule has 1 atom stereocenters. The molecule has 0 aliphatic carbocycles. The Morgan fingerprint density at radius 1 is 1.75 bits per heavy atom. The average Bonchev–Trinajstić information content (AvgIpc) is 1.84. The molecule has 0 aromatic rings. The standard InChI is InChI=1S/C7H15N/c1-5-6(2)7(3)8-4/h7-8H,2,5H2,1,3-4H3. The van der Waals surface area contributed by atoms with Crippen molar-refractivity contribution in [3.05, 3.63) is 12.2 Å². The van der Waals surface area contributed by atoms with Gasteiger partial charge in [-0.15, -0.1) is 0 Å². The van der Waals surface area contributed by atoms with Crippen LogP contribution in [0.4, 0.5) is 0 Å². The molecule has 0 aliphatic rings. The first-order chi connectivity index (χ1) is 3.72. The van der Waals surface area contributed by atoms with E-state index in [2.05, 4.69) is 25.7 Å². The topological polar surface area (TPSA) is 12.0 Å². The van der Waals surface area contributed by atoms with Crippen molar-refractivity contribution in [2.75, 3.05) is 7.05 Å². The van der Waals surface area contributed by atoms with Gasteiger partial charge in [0.1, 0.15) is 0 Å². The molecule has 1 heteroatoms. The third-order valence-electron chi connectivity index (χ3n) is 1.50. The van der Waals surface area contributed by atoms with Crippen LogP contribution in [0.15, 0.2) is 12.2 Å². The summed E-state index contributed by atoms with van der Waals surface area (Å²) in [4.78, 5) is 0. The van der Waals surface area contributed by atoms with E-state index < -0.39 is 0 Å². The number of hydrogen-bond acceptors (Lipinski definition) is 1. The summed E-state index contributed by atoms with van der Waals surface area (Å²) in [6.45, 7) is 8.12. The van der Waals surface area contributed by atoms with Gasteiger partial charge in [-0.3, -0.25) is 0 Å². The largest absolute Gasteiger partial charge is 0.314 e. The fraction of sp³-hybridized carbons (Fsp3) is 0.714. The summed E-state index contributed by atoms with van der Waals surface area (Å²) in [5.41, 5.74) is 1.27. The predicted molar refractivity (Wildman–Crippen MR) is 38.0 cm³/mol. The molecule has 0 rings (SSSR count). The number of likely N-dealkylation sites (N-methyl/N-ethyl adjacent to an activating group) is 1. The lowest BCUT2D eigenvalue weighted by Gasteiger charge is -2.10. The second kappa shape index (κ2) is 3.67. The van der Waals surface area contributed by atoms with E-state index in [0.29, 0.717) is 6.04 Å². The van der Waals surface area contributed by atoms with Gasteiger partial charge in [0, 0.05) is 6.04 Å². The van der Waals surface area contributed by atoms with Crippen LogP contribution in [0.2, 0.25) is 0 Å². The first kappa shape index (κ1) is 7.70. The molecule has 1 N–H and O–H groups in total. The molecule has 0 saturated heterocycles. The molecule has 0 spiro atoms. The van der Waals surface area contributed by atoms with Gasteiger partial charge in [-0.05, 0) is 20.4 Å². The Bertz CT molecular complexity index is 76.5. The van der Waals surface area contributed by atoms with Crippen LogP contribution >= 0.6 is 0 Å². The van der Waals surface area contributed by atoms with Crippen LogP contribution in [-0.4, -0.2) is 13.1 Å². The second-order valence-corrected chi connectivity index (χ2v) is 2.02. The zero-order chi connectivity index (χ0) is 6.57. The lowest BCUT2D eigenvalue weighted by molar-refractivity contribution is 0.674. The van der Waals surface area contributed by atoms with E-state index in [1.165, 1.54) is 5.57 Å². The SMILES string of the molecule is C=C(CC)C(C)NC. The highest BCUT2D eigenvalue weighted by Crippen LogP contribution is 2.00. The molecule has 48 valence electrons. The van der Waals surface area contributed by atoms with E-state index in [1.807, 2.05) is 7.05 Å². The van der Waals surface area contributed by atoms with Crippen LogP contribution in [0.5, 0.6) is 0 Å². The maximum atomic E-state index is 3.88. The maximum absolute atomic E-state index is 3.88. The van der Waals surface area contributed by atoms with Gasteiger partial charge in [-0.2, -0.15) is 0 Å². The molecule has 0 fully saturated rings. The van der Waals surface area contributed by atoms with Gasteiger partial charge in [0.15, 0.2) is 0 Å². The van der Waals surface area contributed by atoms with Crippen LogP contribution in [0.1, 0.15) is 20.3 Å². The van der Waals surface area contributed by atoms with Crippen molar-refractivity contribution in [3.63, 3.8) is 0 Å². The first-order valence-corrected chi connectivity index (χ1v) is 3.07. The Morgan fingerprint density at radius 3 is 2.38 bits per heavy atom. The Labute approximate surface area is 51.8 Å². The van der Waals surface area contributed by atoms with Crippen LogP contribution in [-0.2, 0) is 0 Å². The third kappa shape index (κ3) is 2.12. The van der Waals surface area contributed by atoms with Gasteiger partial charge in [-0.1, -0.05) is 19.1 Å². The Balaban J connectivity index is 3.46. The van der Waals surface area contributed by atoms with Crippen LogP contribution in [0.3, 0.4) is 0 Å². The highest BCUT2D eigenvalue weighted by atomic mass is 14.9. The normalized spacial score (nSPS) is 13.4. The van der Waals surface area contributed by atoms with Crippen molar-refractivity contribution in [2.45, 2.75) is 26.3 Å². The number of nitrogens with one attached hydrogen (secondary N) is 1. The summed E-state index contributed by atoms with van der Waals surface area (Å²) in [6.07, 6.45) is 1.07. The van der Waals surface area contributed by atoms with Crippen molar-refractivity contribution < 1.29 is 0 Å². The summed E-state index contributed by atoms with van der Waals surface area (Å²) in [7, 11) is 1.95. The zero-order valence-electron chi connectivity index (χ0n) is 5.99. The van der Waals surface area contributed by atoms with Crippen LogP contribution in [0, 0.1) is 0 Å². The van der Waals surface area contributed by atoms with Crippen LogP contribution < -0.4 is 5.32 Å². The van der Waals surface area contributed by atoms with Gasteiger partial charge in [-0.25, -0.2) is 0 Å². The summed E-state index contributed by atoms with van der Waals surface area (Å²) >= 11 is 0. The van der Waals surface area contributed by atoms with Gasteiger partial charge in [0.2, 0.25) is 0 Å². The van der Waals surface area contributed by atoms with Crippen molar-refractivity contribution >= 4 is 0 Å². The summed E-state index contributed by atoms with van der Waals surface area (Å²) in [6, 6.07) is 0.472. The third-order valence-corrected chi connectivity index (χ3v) is 1.50. The minimum absolute atomic E-state index is 0.472. The monoisotopic (exact) mass is 113 g/mol. The second-order valence-electron chi connectivity index (χ2n) is 2.02. The molecular formula is C7H15N. The average molecular weight is 113 g/mol.